The number of nitrogens with zero attached hydrogens (tertiary/aromatic N) is 1. The Balaban J connectivity index is 1.65. The third-order valence-corrected chi connectivity index (χ3v) is 4.30. The summed E-state index contributed by atoms with van der Waals surface area (Å²) in [5, 5.41) is 7.96. The van der Waals surface area contributed by atoms with Crippen molar-refractivity contribution < 1.29 is 0 Å². The molecule has 0 unspecified atom stereocenters. The lowest BCUT2D eigenvalue weighted by Gasteiger charge is -2.15. The van der Waals surface area contributed by atoms with E-state index in [2.05, 4.69) is 15.6 Å². The normalized spacial score (nSPS) is 14.7. The van der Waals surface area contributed by atoms with E-state index < -0.39 is 0 Å². The lowest BCUT2D eigenvalue weighted by Crippen LogP contribution is -2.41. The Labute approximate surface area is 128 Å². The van der Waals surface area contributed by atoms with Gasteiger partial charge < -0.3 is 10.6 Å². The van der Waals surface area contributed by atoms with Crippen LogP contribution in [-0.4, -0.2) is 31.3 Å². The molecule has 1 aromatic carbocycles. The number of rotatable bonds is 5. The van der Waals surface area contributed by atoms with Crippen molar-refractivity contribution in [1.82, 2.24) is 10.6 Å². The van der Waals surface area contributed by atoms with Crippen LogP contribution in [0.4, 0.5) is 0 Å². The molecule has 0 saturated carbocycles. The number of nitrogens with one attached hydrogen (secondary N) is 2. The molecule has 0 saturated heterocycles. The summed E-state index contributed by atoms with van der Waals surface area (Å²) >= 11 is 13.8. The average molecular weight is 318 g/mol. The third kappa shape index (κ3) is 5.13. The number of benzene rings is 1. The van der Waals surface area contributed by atoms with Crippen LogP contribution in [0.2, 0.25) is 10.0 Å². The fourth-order valence-electron chi connectivity index (χ4n) is 1.71. The quantitative estimate of drug-likeness (QED) is 0.819. The molecule has 0 fully saturated rings. The molecule has 6 heteroatoms. The predicted octanol–water partition coefficient (Wildman–Crippen LogP) is 3.17. The highest BCUT2D eigenvalue weighted by Gasteiger charge is 2.03. The minimum atomic E-state index is 0.682. The van der Waals surface area contributed by atoms with Crippen LogP contribution in [0.15, 0.2) is 23.2 Å². The number of thioether (sulfide) groups is 1. The molecule has 0 amide bonds. The van der Waals surface area contributed by atoms with Crippen molar-refractivity contribution in [2.24, 2.45) is 4.99 Å². The minimum Gasteiger partial charge on any atom is -0.356 e. The first-order valence-corrected chi connectivity index (χ1v) is 8.20. The smallest absolute Gasteiger partial charge is 0.191 e. The largest absolute Gasteiger partial charge is 0.356 e. The maximum atomic E-state index is 6.12. The summed E-state index contributed by atoms with van der Waals surface area (Å²) < 4.78 is 0. The highest BCUT2D eigenvalue weighted by Crippen LogP contribution is 2.24. The van der Waals surface area contributed by atoms with Gasteiger partial charge >= 0.3 is 0 Å². The number of hydrogen-bond donors (Lipinski definition) is 2. The maximum absolute atomic E-state index is 6.12. The van der Waals surface area contributed by atoms with Crippen LogP contribution in [0.5, 0.6) is 0 Å². The van der Waals surface area contributed by atoms with Crippen LogP contribution >= 0.6 is 35.0 Å². The van der Waals surface area contributed by atoms with Gasteiger partial charge in [0.15, 0.2) is 5.96 Å². The van der Waals surface area contributed by atoms with Gasteiger partial charge in [0.2, 0.25) is 0 Å². The molecular formula is C13H17Cl2N3S. The van der Waals surface area contributed by atoms with Crippen molar-refractivity contribution in [3.05, 3.63) is 33.8 Å². The molecule has 19 heavy (non-hydrogen) atoms. The lowest BCUT2D eigenvalue weighted by molar-refractivity contribution is 0.709. The zero-order valence-electron chi connectivity index (χ0n) is 10.6. The van der Waals surface area contributed by atoms with Crippen LogP contribution in [0.1, 0.15) is 12.0 Å². The van der Waals surface area contributed by atoms with Gasteiger partial charge in [0.25, 0.3) is 0 Å². The van der Waals surface area contributed by atoms with E-state index in [4.69, 9.17) is 23.2 Å². The van der Waals surface area contributed by atoms with Gasteiger partial charge in [-0.3, -0.25) is 4.99 Å². The van der Waals surface area contributed by atoms with Crippen molar-refractivity contribution in [2.75, 3.05) is 25.4 Å². The monoisotopic (exact) mass is 317 g/mol. The molecule has 3 nitrogen and oxygen atoms in total. The van der Waals surface area contributed by atoms with Gasteiger partial charge in [0.1, 0.15) is 0 Å². The van der Waals surface area contributed by atoms with E-state index >= 15 is 0 Å². The molecule has 0 spiro atoms. The Morgan fingerprint density at radius 2 is 2.26 bits per heavy atom. The van der Waals surface area contributed by atoms with Gasteiger partial charge in [-0.2, -0.15) is 11.8 Å². The first-order valence-electron chi connectivity index (χ1n) is 6.29. The fourth-order valence-corrected chi connectivity index (χ4v) is 3.13. The first kappa shape index (κ1) is 14.8. The number of halogens is 2. The van der Waals surface area contributed by atoms with E-state index in [1.54, 1.807) is 6.07 Å². The molecule has 1 heterocycles. The molecule has 104 valence electrons. The molecule has 0 radical (unpaired) electrons. The van der Waals surface area contributed by atoms with Gasteiger partial charge in [0, 0.05) is 41.2 Å². The van der Waals surface area contributed by atoms with Crippen LogP contribution in [0.3, 0.4) is 0 Å². The van der Waals surface area contributed by atoms with E-state index in [1.165, 1.54) is 0 Å². The highest BCUT2D eigenvalue weighted by molar-refractivity contribution is 7.98. The standard InChI is InChI=1S/C13H17Cl2N3S/c14-11-3-2-10(12(15)8-11)9-19-7-6-18-13-16-4-1-5-17-13/h2-3,8H,1,4-7,9H2,(H2,16,17,18). The minimum absolute atomic E-state index is 0.682. The summed E-state index contributed by atoms with van der Waals surface area (Å²) in [5.74, 6) is 2.84. The van der Waals surface area contributed by atoms with Crippen molar-refractivity contribution in [1.29, 1.82) is 0 Å². The van der Waals surface area contributed by atoms with Crippen molar-refractivity contribution in [2.45, 2.75) is 12.2 Å². The van der Waals surface area contributed by atoms with E-state index in [0.29, 0.717) is 5.02 Å². The Hall–Kier alpha value is -0.580. The van der Waals surface area contributed by atoms with Crippen LogP contribution in [0.25, 0.3) is 0 Å². The Morgan fingerprint density at radius 3 is 3.00 bits per heavy atom. The molecule has 1 aliphatic rings. The summed E-state index contributed by atoms with van der Waals surface area (Å²) in [5.41, 5.74) is 1.13. The van der Waals surface area contributed by atoms with Crippen molar-refractivity contribution >= 4 is 40.9 Å². The summed E-state index contributed by atoms with van der Waals surface area (Å²) in [7, 11) is 0. The van der Waals surface area contributed by atoms with Crippen LogP contribution in [0, 0.1) is 0 Å². The topological polar surface area (TPSA) is 36.4 Å². The molecule has 0 atom stereocenters. The number of guanidine groups is 1. The SMILES string of the molecule is Clc1ccc(CSCCNC2=NCCCN2)c(Cl)c1. The van der Waals surface area contributed by atoms with Gasteiger partial charge in [-0.25, -0.2) is 0 Å². The number of aliphatic imine (C=N–C) groups is 1. The second kappa shape index (κ2) is 7.88. The first-order chi connectivity index (χ1) is 9.25. The third-order valence-electron chi connectivity index (χ3n) is 2.71. The van der Waals surface area contributed by atoms with E-state index in [1.807, 2.05) is 23.9 Å². The molecule has 2 rings (SSSR count). The lowest BCUT2D eigenvalue weighted by atomic mass is 10.2. The van der Waals surface area contributed by atoms with E-state index in [-0.39, 0.29) is 0 Å². The molecule has 2 N–H and O–H groups in total. The summed E-state index contributed by atoms with van der Waals surface area (Å²) in [4.78, 5) is 4.36. The summed E-state index contributed by atoms with van der Waals surface area (Å²) in [6.45, 7) is 2.84. The Morgan fingerprint density at radius 1 is 1.37 bits per heavy atom. The zero-order chi connectivity index (χ0) is 13.5. The molecule has 0 aliphatic carbocycles. The van der Waals surface area contributed by atoms with E-state index in [0.717, 1.165) is 54.1 Å². The predicted molar refractivity (Wildman–Crippen MR) is 85.5 cm³/mol. The van der Waals surface area contributed by atoms with Crippen molar-refractivity contribution in [3.8, 4) is 0 Å². The van der Waals surface area contributed by atoms with Crippen LogP contribution in [-0.2, 0) is 5.75 Å². The zero-order valence-corrected chi connectivity index (χ0v) is 12.9. The van der Waals surface area contributed by atoms with Gasteiger partial charge in [-0.1, -0.05) is 29.3 Å². The average Bonchev–Trinajstić information content (AvgIpc) is 2.42. The molecule has 1 aliphatic heterocycles. The molecule has 1 aromatic rings. The number of hydrogen-bond acceptors (Lipinski definition) is 4. The molecule has 0 bridgehead atoms. The summed E-state index contributed by atoms with van der Waals surface area (Å²) in [6, 6.07) is 5.65. The Kier molecular flexibility index (Phi) is 6.14. The van der Waals surface area contributed by atoms with Gasteiger partial charge in [0.05, 0.1) is 0 Å². The fraction of sp³-hybridized carbons (Fsp3) is 0.462. The second-order valence-corrected chi connectivity index (χ2v) is 6.17. The van der Waals surface area contributed by atoms with E-state index in [9.17, 15) is 0 Å². The summed E-state index contributed by atoms with van der Waals surface area (Å²) in [6.07, 6.45) is 1.12. The maximum Gasteiger partial charge on any atom is 0.191 e. The molecular weight excluding hydrogens is 301 g/mol. The van der Waals surface area contributed by atoms with Crippen molar-refractivity contribution in [3.63, 3.8) is 0 Å². The Bertz CT molecular complexity index is 452. The van der Waals surface area contributed by atoms with Gasteiger partial charge in [-0.05, 0) is 24.1 Å². The second-order valence-electron chi connectivity index (χ2n) is 4.23. The van der Waals surface area contributed by atoms with Gasteiger partial charge in [-0.15, -0.1) is 0 Å². The molecule has 0 aromatic heterocycles. The van der Waals surface area contributed by atoms with Crippen LogP contribution < -0.4 is 10.6 Å². The highest BCUT2D eigenvalue weighted by atomic mass is 35.5.